The standard InChI is InChI=1S/C27H34FN3O5S/c1-5-6-7-10-21-13-14-26-24(15-21)36-25(19(2)16-31(20(3)18-32)37(26,34)35)17-30(4)27(33)29-23-12-9-8-11-22(23)28/h8-9,11-15,19-20,25,32H,5-6,16-18H2,1-4H3,(H,29,33)/t19-,20+,25+/m1/s1. The summed E-state index contributed by atoms with van der Waals surface area (Å²) in [6.07, 6.45) is 1.01. The highest BCUT2D eigenvalue weighted by Crippen LogP contribution is 2.34. The molecule has 37 heavy (non-hydrogen) atoms. The van der Waals surface area contributed by atoms with Crippen molar-refractivity contribution in [3.63, 3.8) is 0 Å². The van der Waals surface area contributed by atoms with Crippen LogP contribution in [0.25, 0.3) is 0 Å². The van der Waals surface area contributed by atoms with E-state index in [9.17, 15) is 22.7 Å². The first-order valence-electron chi connectivity index (χ1n) is 12.3. The number of sulfonamides is 1. The van der Waals surface area contributed by atoms with Crippen LogP contribution in [0, 0.1) is 23.6 Å². The van der Waals surface area contributed by atoms with Crippen LogP contribution in [0.2, 0.25) is 0 Å². The number of amides is 2. The zero-order chi connectivity index (χ0) is 27.2. The van der Waals surface area contributed by atoms with E-state index in [2.05, 4.69) is 17.2 Å². The molecule has 3 atom stereocenters. The first-order chi connectivity index (χ1) is 17.6. The predicted molar refractivity (Wildman–Crippen MR) is 140 cm³/mol. The second kappa shape index (κ2) is 12.4. The first kappa shape index (κ1) is 28.4. The number of rotatable bonds is 6. The fraction of sp³-hybridized carbons (Fsp3) is 0.444. The molecule has 0 unspecified atom stereocenters. The lowest BCUT2D eigenvalue weighted by Crippen LogP contribution is -2.50. The normalized spacial score (nSPS) is 19.7. The third kappa shape index (κ3) is 6.80. The number of halogens is 1. The van der Waals surface area contributed by atoms with Gasteiger partial charge in [0.2, 0.25) is 10.0 Å². The molecule has 1 aliphatic heterocycles. The highest BCUT2D eigenvalue weighted by atomic mass is 32.2. The Bertz CT molecular complexity index is 1270. The predicted octanol–water partition coefficient (Wildman–Crippen LogP) is 3.91. The number of likely N-dealkylation sites (N-methyl/N-ethyl adjacent to an activating group) is 1. The molecule has 0 radical (unpaired) electrons. The first-order valence-corrected chi connectivity index (χ1v) is 13.7. The van der Waals surface area contributed by atoms with Crippen molar-refractivity contribution < 1.29 is 27.4 Å². The molecule has 0 aliphatic carbocycles. The zero-order valence-corrected chi connectivity index (χ0v) is 22.4. The van der Waals surface area contributed by atoms with E-state index in [1.165, 1.54) is 33.5 Å². The van der Waals surface area contributed by atoms with Crippen LogP contribution in [0.4, 0.5) is 14.9 Å². The van der Waals surface area contributed by atoms with Gasteiger partial charge < -0.3 is 20.1 Å². The number of nitrogens with zero attached hydrogens (tertiary/aromatic N) is 2. The molecule has 200 valence electrons. The largest absolute Gasteiger partial charge is 0.487 e. The summed E-state index contributed by atoms with van der Waals surface area (Å²) in [5, 5.41) is 12.3. The average Bonchev–Trinajstić information content (AvgIpc) is 2.87. The van der Waals surface area contributed by atoms with Crippen molar-refractivity contribution in [1.29, 1.82) is 0 Å². The Balaban J connectivity index is 1.95. The van der Waals surface area contributed by atoms with Gasteiger partial charge in [-0.05, 0) is 43.7 Å². The van der Waals surface area contributed by atoms with Gasteiger partial charge in [-0.25, -0.2) is 17.6 Å². The lowest BCUT2D eigenvalue weighted by atomic mass is 10.0. The number of ether oxygens (including phenoxy) is 1. The summed E-state index contributed by atoms with van der Waals surface area (Å²) >= 11 is 0. The summed E-state index contributed by atoms with van der Waals surface area (Å²) in [5.41, 5.74) is 0.669. The van der Waals surface area contributed by atoms with Crippen LogP contribution in [0.5, 0.6) is 5.75 Å². The lowest BCUT2D eigenvalue weighted by Gasteiger charge is -2.37. The summed E-state index contributed by atoms with van der Waals surface area (Å²) in [5.74, 6) is 5.31. The van der Waals surface area contributed by atoms with Gasteiger partial charge in [0.1, 0.15) is 22.6 Å². The Morgan fingerprint density at radius 2 is 2.05 bits per heavy atom. The quantitative estimate of drug-likeness (QED) is 0.551. The Labute approximate surface area is 218 Å². The number of fused-ring (bicyclic) bond motifs is 1. The van der Waals surface area contributed by atoms with Gasteiger partial charge >= 0.3 is 6.03 Å². The monoisotopic (exact) mass is 531 g/mol. The number of hydrogen-bond donors (Lipinski definition) is 2. The van der Waals surface area contributed by atoms with Gasteiger partial charge in [0.05, 0.1) is 18.8 Å². The molecule has 1 aliphatic rings. The summed E-state index contributed by atoms with van der Waals surface area (Å²) in [4.78, 5) is 14.1. The Hall–Kier alpha value is -3.13. The van der Waals surface area contributed by atoms with Crippen molar-refractivity contribution >= 4 is 21.7 Å². The van der Waals surface area contributed by atoms with Gasteiger partial charge in [0, 0.05) is 37.5 Å². The molecule has 2 N–H and O–H groups in total. The van der Waals surface area contributed by atoms with Gasteiger partial charge in [0.25, 0.3) is 0 Å². The molecule has 2 aromatic rings. The minimum absolute atomic E-state index is 0.0239. The number of hydrogen-bond acceptors (Lipinski definition) is 5. The summed E-state index contributed by atoms with van der Waals surface area (Å²) in [6, 6.07) is 9.38. The summed E-state index contributed by atoms with van der Waals surface area (Å²) in [7, 11) is -2.42. The van der Waals surface area contributed by atoms with Crippen molar-refractivity contribution in [3.05, 3.63) is 53.8 Å². The molecule has 0 aromatic heterocycles. The number of carbonyl (C=O) groups excluding carboxylic acids is 1. The number of carbonyl (C=O) groups is 1. The minimum atomic E-state index is -3.98. The van der Waals surface area contributed by atoms with Crippen LogP contribution in [-0.2, 0) is 10.0 Å². The molecule has 10 heteroatoms. The topological polar surface area (TPSA) is 99.2 Å². The Kier molecular flexibility index (Phi) is 9.54. The molecule has 0 spiro atoms. The maximum Gasteiger partial charge on any atom is 0.321 e. The molecular formula is C27H34FN3O5S. The van der Waals surface area contributed by atoms with Gasteiger partial charge in [0.15, 0.2) is 0 Å². The third-order valence-electron chi connectivity index (χ3n) is 6.19. The van der Waals surface area contributed by atoms with Gasteiger partial charge in [-0.3, -0.25) is 0 Å². The highest BCUT2D eigenvalue weighted by molar-refractivity contribution is 7.89. The van der Waals surface area contributed by atoms with Crippen LogP contribution in [0.1, 0.15) is 39.2 Å². The molecule has 2 amide bonds. The van der Waals surface area contributed by atoms with Crippen LogP contribution < -0.4 is 10.1 Å². The molecular weight excluding hydrogens is 497 g/mol. The maximum absolute atomic E-state index is 14.0. The van der Waals surface area contributed by atoms with Crippen molar-refractivity contribution in [3.8, 4) is 17.6 Å². The number of benzene rings is 2. The highest BCUT2D eigenvalue weighted by Gasteiger charge is 2.38. The van der Waals surface area contributed by atoms with Gasteiger partial charge in [-0.15, -0.1) is 0 Å². The molecule has 0 saturated carbocycles. The van der Waals surface area contributed by atoms with Crippen molar-refractivity contribution in [1.82, 2.24) is 9.21 Å². The summed E-state index contributed by atoms with van der Waals surface area (Å²) in [6.45, 7) is 5.32. The number of urea groups is 1. The van der Waals surface area contributed by atoms with E-state index in [0.717, 1.165) is 6.42 Å². The molecule has 0 fully saturated rings. The fourth-order valence-electron chi connectivity index (χ4n) is 3.94. The van der Waals surface area contributed by atoms with E-state index in [1.54, 1.807) is 32.2 Å². The van der Waals surface area contributed by atoms with E-state index in [1.807, 2.05) is 13.8 Å². The molecule has 0 bridgehead atoms. The van der Waals surface area contributed by atoms with E-state index in [4.69, 9.17) is 4.74 Å². The van der Waals surface area contributed by atoms with E-state index >= 15 is 0 Å². The minimum Gasteiger partial charge on any atom is -0.487 e. The van der Waals surface area contributed by atoms with E-state index < -0.39 is 34.0 Å². The smallest absolute Gasteiger partial charge is 0.321 e. The van der Waals surface area contributed by atoms with E-state index in [-0.39, 0.29) is 41.9 Å². The van der Waals surface area contributed by atoms with Gasteiger partial charge in [-0.1, -0.05) is 37.8 Å². The van der Waals surface area contributed by atoms with Gasteiger partial charge in [-0.2, -0.15) is 4.31 Å². The van der Waals surface area contributed by atoms with Crippen molar-refractivity contribution in [2.75, 3.05) is 32.1 Å². The second-order valence-corrected chi connectivity index (χ2v) is 11.1. The molecule has 0 saturated heterocycles. The fourth-order valence-corrected chi connectivity index (χ4v) is 5.76. The lowest BCUT2D eigenvalue weighted by molar-refractivity contribution is 0.0830. The third-order valence-corrected chi connectivity index (χ3v) is 8.21. The zero-order valence-electron chi connectivity index (χ0n) is 21.6. The number of unbranched alkanes of at least 4 members (excludes halogenated alkanes) is 1. The van der Waals surface area contributed by atoms with Crippen LogP contribution >= 0.6 is 0 Å². The molecule has 8 nitrogen and oxygen atoms in total. The molecule has 1 heterocycles. The van der Waals surface area contributed by atoms with E-state index in [0.29, 0.717) is 12.0 Å². The van der Waals surface area contributed by atoms with Crippen molar-refractivity contribution in [2.24, 2.45) is 5.92 Å². The average molecular weight is 532 g/mol. The molecule has 3 rings (SSSR count). The van der Waals surface area contributed by atoms with Crippen molar-refractivity contribution in [2.45, 2.75) is 50.7 Å². The van der Waals surface area contributed by atoms with Crippen LogP contribution in [0.3, 0.4) is 0 Å². The number of aliphatic hydroxyl groups is 1. The number of aliphatic hydroxyl groups excluding tert-OH is 1. The maximum atomic E-state index is 14.0. The number of para-hydroxylation sites is 1. The second-order valence-electron chi connectivity index (χ2n) is 9.24. The number of nitrogens with one attached hydrogen (secondary N) is 1. The van der Waals surface area contributed by atoms with Crippen LogP contribution in [-0.4, -0.2) is 67.7 Å². The number of anilines is 1. The SMILES string of the molecule is CCCC#Cc1ccc2c(c1)O[C@@H](CN(C)C(=O)Nc1ccccc1F)[C@H](C)CN([C@@H](C)CO)S2(=O)=O. The molecule has 2 aromatic carbocycles. The van der Waals surface area contributed by atoms with Crippen LogP contribution in [0.15, 0.2) is 47.4 Å². The Morgan fingerprint density at radius 3 is 2.73 bits per heavy atom. The Morgan fingerprint density at radius 1 is 1.32 bits per heavy atom. The summed E-state index contributed by atoms with van der Waals surface area (Å²) < 4.78 is 48.7.